The zero-order valence-corrected chi connectivity index (χ0v) is 22.2. The van der Waals surface area contributed by atoms with E-state index in [2.05, 4.69) is 5.32 Å². The van der Waals surface area contributed by atoms with Gasteiger partial charge in [0, 0.05) is 42.4 Å². The fraction of sp³-hybridized carbons (Fsp3) is 0.286. The van der Waals surface area contributed by atoms with Crippen LogP contribution in [0.2, 0.25) is 5.02 Å². The standard InChI is InChI=1S/C28H30ClN3O4S/c1-2-16-30-28(34)26(17-21-6-4-3-5-7-21)31(18-22-8-12-24(29)13-9-22)27(33)20-37-19-23-10-14-25(15-11-23)32(35)36/h3-15,26H,2,16-20H2,1H3,(H,30,34)/t26-/m1/s1. The van der Waals surface area contributed by atoms with Gasteiger partial charge in [0.05, 0.1) is 10.7 Å². The number of nitrogens with zero attached hydrogens (tertiary/aromatic N) is 2. The van der Waals surface area contributed by atoms with Crippen LogP contribution >= 0.6 is 23.4 Å². The van der Waals surface area contributed by atoms with Gasteiger partial charge in [-0.15, -0.1) is 11.8 Å². The smallest absolute Gasteiger partial charge is 0.269 e. The minimum atomic E-state index is -0.683. The lowest BCUT2D eigenvalue weighted by Crippen LogP contribution is -2.51. The fourth-order valence-corrected chi connectivity index (χ4v) is 4.76. The Morgan fingerprint density at radius 3 is 2.24 bits per heavy atom. The molecule has 0 aromatic heterocycles. The second kappa shape index (κ2) is 14.4. The topological polar surface area (TPSA) is 92.6 Å². The van der Waals surface area contributed by atoms with Crippen LogP contribution in [0.25, 0.3) is 0 Å². The molecule has 37 heavy (non-hydrogen) atoms. The van der Waals surface area contributed by atoms with Gasteiger partial charge in [0.2, 0.25) is 11.8 Å². The third-order valence-electron chi connectivity index (χ3n) is 5.73. The highest BCUT2D eigenvalue weighted by atomic mass is 35.5. The van der Waals surface area contributed by atoms with Gasteiger partial charge in [-0.05, 0) is 35.2 Å². The molecule has 0 radical (unpaired) electrons. The Labute approximate surface area is 226 Å². The fourth-order valence-electron chi connectivity index (χ4n) is 3.76. The van der Waals surface area contributed by atoms with Crippen molar-refractivity contribution in [3.05, 3.63) is 111 Å². The molecular weight excluding hydrogens is 510 g/mol. The van der Waals surface area contributed by atoms with E-state index in [0.717, 1.165) is 23.1 Å². The minimum absolute atomic E-state index is 0.0285. The molecule has 7 nitrogen and oxygen atoms in total. The summed E-state index contributed by atoms with van der Waals surface area (Å²) in [4.78, 5) is 38.9. The molecule has 0 fully saturated rings. The van der Waals surface area contributed by atoms with Crippen molar-refractivity contribution in [3.8, 4) is 0 Å². The SMILES string of the molecule is CCCNC(=O)[C@@H](Cc1ccccc1)N(Cc1ccc(Cl)cc1)C(=O)CSCc1ccc([N+](=O)[O-])cc1. The number of benzene rings is 3. The molecule has 0 saturated heterocycles. The molecule has 3 aromatic rings. The molecule has 0 heterocycles. The van der Waals surface area contributed by atoms with Crippen LogP contribution in [0.15, 0.2) is 78.9 Å². The average molecular weight is 540 g/mol. The number of carbonyl (C=O) groups excluding carboxylic acids is 2. The Bertz CT molecular complexity index is 1170. The van der Waals surface area contributed by atoms with Gasteiger partial charge in [-0.25, -0.2) is 0 Å². The molecule has 3 rings (SSSR count). The van der Waals surface area contributed by atoms with Crippen molar-refractivity contribution < 1.29 is 14.5 Å². The van der Waals surface area contributed by atoms with E-state index in [1.54, 1.807) is 29.2 Å². The molecule has 3 aromatic carbocycles. The van der Waals surface area contributed by atoms with Crippen LogP contribution in [0.4, 0.5) is 5.69 Å². The monoisotopic (exact) mass is 539 g/mol. The molecule has 0 saturated carbocycles. The number of rotatable bonds is 13. The number of halogens is 1. The van der Waals surface area contributed by atoms with Crippen LogP contribution < -0.4 is 5.32 Å². The first-order valence-electron chi connectivity index (χ1n) is 12.0. The van der Waals surface area contributed by atoms with E-state index in [9.17, 15) is 19.7 Å². The van der Waals surface area contributed by atoms with Crippen molar-refractivity contribution in [1.82, 2.24) is 10.2 Å². The van der Waals surface area contributed by atoms with Gasteiger partial charge >= 0.3 is 0 Å². The van der Waals surface area contributed by atoms with E-state index >= 15 is 0 Å². The number of thioether (sulfide) groups is 1. The second-order valence-electron chi connectivity index (χ2n) is 8.56. The van der Waals surface area contributed by atoms with Crippen molar-refractivity contribution in [2.24, 2.45) is 0 Å². The maximum Gasteiger partial charge on any atom is 0.269 e. The number of hydrogen-bond donors (Lipinski definition) is 1. The summed E-state index contributed by atoms with van der Waals surface area (Å²) >= 11 is 7.47. The van der Waals surface area contributed by atoms with E-state index in [1.165, 1.54) is 23.9 Å². The normalized spacial score (nSPS) is 11.5. The Kier molecular flexibility index (Phi) is 11.0. The minimum Gasteiger partial charge on any atom is -0.354 e. The third-order valence-corrected chi connectivity index (χ3v) is 6.97. The highest BCUT2D eigenvalue weighted by Crippen LogP contribution is 2.20. The van der Waals surface area contributed by atoms with Crippen molar-refractivity contribution >= 4 is 40.9 Å². The highest BCUT2D eigenvalue weighted by Gasteiger charge is 2.30. The first-order chi connectivity index (χ1) is 17.9. The van der Waals surface area contributed by atoms with Crippen LogP contribution in [-0.4, -0.2) is 40.0 Å². The Hall–Kier alpha value is -3.36. The lowest BCUT2D eigenvalue weighted by atomic mass is 10.0. The molecule has 2 amide bonds. The van der Waals surface area contributed by atoms with E-state index in [0.29, 0.717) is 23.7 Å². The second-order valence-corrected chi connectivity index (χ2v) is 9.98. The average Bonchev–Trinajstić information content (AvgIpc) is 2.91. The molecule has 0 aliphatic carbocycles. The third kappa shape index (κ3) is 8.91. The van der Waals surface area contributed by atoms with E-state index in [4.69, 9.17) is 11.6 Å². The summed E-state index contributed by atoms with van der Waals surface area (Å²) in [5.74, 6) is 0.337. The highest BCUT2D eigenvalue weighted by molar-refractivity contribution is 7.99. The molecule has 194 valence electrons. The quantitative estimate of drug-likeness (QED) is 0.224. The predicted molar refractivity (Wildman–Crippen MR) is 148 cm³/mol. The molecule has 0 unspecified atom stereocenters. The van der Waals surface area contributed by atoms with Gasteiger partial charge in [0.15, 0.2) is 0 Å². The first-order valence-corrected chi connectivity index (χ1v) is 13.6. The Balaban J connectivity index is 1.80. The number of amides is 2. The van der Waals surface area contributed by atoms with Gasteiger partial charge in [-0.2, -0.15) is 0 Å². The molecule has 0 spiro atoms. The molecule has 9 heteroatoms. The largest absolute Gasteiger partial charge is 0.354 e. The van der Waals surface area contributed by atoms with Crippen LogP contribution in [0, 0.1) is 10.1 Å². The molecule has 0 aliphatic rings. The first kappa shape index (κ1) is 28.2. The summed E-state index contributed by atoms with van der Waals surface area (Å²) in [6, 6.07) is 22.5. The van der Waals surface area contributed by atoms with Gasteiger partial charge in [-0.3, -0.25) is 19.7 Å². The van der Waals surface area contributed by atoms with Crippen LogP contribution in [-0.2, 0) is 28.3 Å². The number of carbonyl (C=O) groups is 2. The summed E-state index contributed by atoms with van der Waals surface area (Å²) in [5, 5.41) is 14.4. The van der Waals surface area contributed by atoms with E-state index < -0.39 is 11.0 Å². The number of nitro benzene ring substituents is 1. The number of non-ortho nitro benzene ring substituents is 1. The zero-order valence-electron chi connectivity index (χ0n) is 20.6. The number of hydrogen-bond acceptors (Lipinski definition) is 5. The van der Waals surface area contributed by atoms with Gasteiger partial charge in [-0.1, -0.05) is 73.1 Å². The summed E-state index contributed by atoms with van der Waals surface area (Å²) < 4.78 is 0. The zero-order chi connectivity index (χ0) is 26.6. The molecular formula is C28H30ClN3O4S. The summed E-state index contributed by atoms with van der Waals surface area (Å²) in [6.07, 6.45) is 1.18. The van der Waals surface area contributed by atoms with Crippen molar-refractivity contribution in [1.29, 1.82) is 0 Å². The summed E-state index contributed by atoms with van der Waals surface area (Å²) in [5.41, 5.74) is 2.75. The van der Waals surface area contributed by atoms with Gasteiger partial charge in [0.25, 0.3) is 5.69 Å². The molecule has 0 bridgehead atoms. The molecule has 1 atom stereocenters. The summed E-state index contributed by atoms with van der Waals surface area (Å²) in [7, 11) is 0. The van der Waals surface area contributed by atoms with Crippen LogP contribution in [0.5, 0.6) is 0 Å². The molecule has 0 aliphatic heterocycles. The van der Waals surface area contributed by atoms with Crippen LogP contribution in [0.3, 0.4) is 0 Å². The maximum atomic E-state index is 13.6. The van der Waals surface area contributed by atoms with Crippen LogP contribution in [0.1, 0.15) is 30.0 Å². The maximum absolute atomic E-state index is 13.6. The number of nitrogens with one attached hydrogen (secondary N) is 1. The van der Waals surface area contributed by atoms with Gasteiger partial charge in [0.1, 0.15) is 6.04 Å². The lowest BCUT2D eigenvalue weighted by Gasteiger charge is -2.31. The van der Waals surface area contributed by atoms with Crippen molar-refractivity contribution in [2.75, 3.05) is 12.3 Å². The number of nitro groups is 1. The predicted octanol–water partition coefficient (Wildman–Crippen LogP) is 5.65. The Morgan fingerprint density at radius 1 is 0.973 bits per heavy atom. The Morgan fingerprint density at radius 2 is 1.62 bits per heavy atom. The van der Waals surface area contributed by atoms with Gasteiger partial charge < -0.3 is 10.2 Å². The van der Waals surface area contributed by atoms with E-state index in [1.807, 2.05) is 49.4 Å². The van der Waals surface area contributed by atoms with E-state index in [-0.39, 0.29) is 29.8 Å². The summed E-state index contributed by atoms with van der Waals surface area (Å²) in [6.45, 7) is 2.78. The van der Waals surface area contributed by atoms with Crippen molar-refractivity contribution in [2.45, 2.75) is 38.1 Å². The molecule has 1 N–H and O–H groups in total. The van der Waals surface area contributed by atoms with Crippen molar-refractivity contribution in [3.63, 3.8) is 0 Å². The lowest BCUT2D eigenvalue weighted by molar-refractivity contribution is -0.384.